The molecule has 0 unspecified atom stereocenters. The Morgan fingerprint density at radius 1 is 1.14 bits per heavy atom. The molecule has 0 aromatic rings. The van der Waals surface area contributed by atoms with Crippen LogP contribution in [0.1, 0.15) is 32.6 Å². The van der Waals surface area contributed by atoms with E-state index in [4.69, 9.17) is 4.74 Å². The number of nitrogens with zero attached hydrogens (tertiary/aromatic N) is 2. The van der Waals surface area contributed by atoms with Gasteiger partial charge in [-0.05, 0) is 50.6 Å². The summed E-state index contributed by atoms with van der Waals surface area (Å²) in [5.41, 5.74) is 0. The van der Waals surface area contributed by atoms with Crippen molar-refractivity contribution in [3.8, 4) is 0 Å². The van der Waals surface area contributed by atoms with Crippen LogP contribution in [0.3, 0.4) is 0 Å². The topological polar surface area (TPSA) is 44.8 Å². The predicted octanol–water partition coefficient (Wildman–Crippen LogP) is 1.79. The maximum absolute atomic E-state index is 12.1. The maximum atomic E-state index is 12.1. The molecule has 5 nitrogen and oxygen atoms in total. The molecular formula is C16H31N3O2. The molecule has 2 aliphatic heterocycles. The number of hydrogen-bond acceptors (Lipinski definition) is 3. The van der Waals surface area contributed by atoms with Gasteiger partial charge in [0.15, 0.2) is 0 Å². The summed E-state index contributed by atoms with van der Waals surface area (Å²) >= 11 is 0. The quantitative estimate of drug-likeness (QED) is 0.841. The molecule has 21 heavy (non-hydrogen) atoms. The molecule has 5 heteroatoms. The number of likely N-dealkylation sites (tertiary alicyclic amines) is 2. The molecule has 0 atom stereocenters. The second-order valence-corrected chi connectivity index (χ2v) is 6.63. The third-order valence-electron chi connectivity index (χ3n) is 4.93. The number of carbonyl (C=O) groups is 1. The van der Waals surface area contributed by atoms with Crippen LogP contribution in [-0.2, 0) is 4.74 Å². The second kappa shape index (κ2) is 8.59. The molecule has 122 valence electrons. The number of rotatable bonds is 5. The standard InChI is InChI=1S/C16H31N3O2/c1-14-3-9-19(10-4-14)16(20)17-13-15-5-7-18(8-6-15)11-12-21-2/h14-15H,3-13H2,1-2H3,(H,17,20). The number of methoxy groups -OCH3 is 1. The molecule has 2 heterocycles. The summed E-state index contributed by atoms with van der Waals surface area (Å²) in [4.78, 5) is 16.6. The van der Waals surface area contributed by atoms with E-state index in [2.05, 4.69) is 17.1 Å². The van der Waals surface area contributed by atoms with Crippen LogP contribution in [0.25, 0.3) is 0 Å². The number of piperidine rings is 2. The van der Waals surface area contributed by atoms with E-state index >= 15 is 0 Å². The summed E-state index contributed by atoms with van der Waals surface area (Å²) in [5, 5.41) is 3.14. The van der Waals surface area contributed by atoms with Gasteiger partial charge in [-0.25, -0.2) is 4.79 Å². The lowest BCUT2D eigenvalue weighted by Crippen LogP contribution is -2.46. The van der Waals surface area contributed by atoms with Crippen molar-refractivity contribution in [2.24, 2.45) is 11.8 Å². The Kier molecular flexibility index (Phi) is 6.77. The highest BCUT2D eigenvalue weighted by atomic mass is 16.5. The first-order valence-electron chi connectivity index (χ1n) is 8.43. The zero-order valence-electron chi connectivity index (χ0n) is 13.6. The van der Waals surface area contributed by atoms with Crippen molar-refractivity contribution in [1.29, 1.82) is 0 Å². The van der Waals surface area contributed by atoms with E-state index < -0.39 is 0 Å². The average molecular weight is 297 g/mol. The van der Waals surface area contributed by atoms with Crippen LogP contribution < -0.4 is 5.32 Å². The van der Waals surface area contributed by atoms with Crippen LogP contribution in [0.2, 0.25) is 0 Å². The largest absolute Gasteiger partial charge is 0.383 e. The molecule has 2 saturated heterocycles. The minimum Gasteiger partial charge on any atom is -0.383 e. The molecule has 0 spiro atoms. The molecule has 2 rings (SSSR count). The fourth-order valence-electron chi connectivity index (χ4n) is 3.19. The molecule has 0 aromatic heterocycles. The van der Waals surface area contributed by atoms with Gasteiger partial charge in [0.1, 0.15) is 0 Å². The normalized spacial score (nSPS) is 22.5. The summed E-state index contributed by atoms with van der Waals surface area (Å²) in [5.74, 6) is 1.40. The van der Waals surface area contributed by atoms with Gasteiger partial charge in [-0.15, -0.1) is 0 Å². The Hall–Kier alpha value is -0.810. The maximum Gasteiger partial charge on any atom is 0.317 e. The van der Waals surface area contributed by atoms with Crippen LogP contribution in [0.15, 0.2) is 0 Å². The Morgan fingerprint density at radius 3 is 2.43 bits per heavy atom. The molecule has 2 amide bonds. The highest BCUT2D eigenvalue weighted by Crippen LogP contribution is 2.18. The number of nitrogens with one attached hydrogen (secondary N) is 1. The van der Waals surface area contributed by atoms with E-state index in [1.165, 1.54) is 12.8 Å². The first-order valence-corrected chi connectivity index (χ1v) is 8.43. The summed E-state index contributed by atoms with van der Waals surface area (Å²) in [6, 6.07) is 0.142. The molecule has 0 aromatic carbocycles. The van der Waals surface area contributed by atoms with Gasteiger partial charge in [0.05, 0.1) is 6.61 Å². The molecule has 0 bridgehead atoms. The van der Waals surface area contributed by atoms with Gasteiger partial charge in [0.2, 0.25) is 0 Å². The number of hydrogen-bond donors (Lipinski definition) is 1. The SMILES string of the molecule is COCCN1CCC(CNC(=O)N2CCC(C)CC2)CC1. The van der Waals surface area contributed by atoms with E-state index in [0.717, 1.165) is 64.6 Å². The molecular weight excluding hydrogens is 266 g/mol. The highest BCUT2D eigenvalue weighted by molar-refractivity contribution is 5.74. The monoisotopic (exact) mass is 297 g/mol. The predicted molar refractivity (Wildman–Crippen MR) is 84.4 cm³/mol. The van der Waals surface area contributed by atoms with Crippen LogP contribution in [0, 0.1) is 11.8 Å². The lowest BCUT2D eigenvalue weighted by atomic mass is 9.97. The number of urea groups is 1. The number of ether oxygens (including phenoxy) is 1. The van der Waals surface area contributed by atoms with Crippen molar-refractivity contribution < 1.29 is 9.53 Å². The molecule has 0 aliphatic carbocycles. The van der Waals surface area contributed by atoms with E-state index in [9.17, 15) is 4.79 Å². The molecule has 0 radical (unpaired) electrons. The Labute approximate surface area is 129 Å². The number of amides is 2. The van der Waals surface area contributed by atoms with Gasteiger partial charge in [-0.2, -0.15) is 0 Å². The number of carbonyl (C=O) groups excluding carboxylic acids is 1. The Balaban J connectivity index is 1.60. The van der Waals surface area contributed by atoms with Gasteiger partial charge >= 0.3 is 6.03 Å². The van der Waals surface area contributed by atoms with Crippen molar-refractivity contribution in [3.05, 3.63) is 0 Å². The molecule has 1 N–H and O–H groups in total. The molecule has 2 aliphatic rings. The lowest BCUT2D eigenvalue weighted by Gasteiger charge is -2.33. The summed E-state index contributed by atoms with van der Waals surface area (Å²) in [6.07, 6.45) is 4.65. The molecule has 2 fully saturated rings. The fraction of sp³-hybridized carbons (Fsp3) is 0.938. The van der Waals surface area contributed by atoms with Crippen molar-refractivity contribution in [1.82, 2.24) is 15.1 Å². The van der Waals surface area contributed by atoms with Gasteiger partial charge < -0.3 is 19.9 Å². The summed E-state index contributed by atoms with van der Waals surface area (Å²) < 4.78 is 5.12. The van der Waals surface area contributed by atoms with E-state index in [0.29, 0.717) is 5.92 Å². The zero-order valence-corrected chi connectivity index (χ0v) is 13.6. The van der Waals surface area contributed by atoms with E-state index in [1.54, 1.807) is 7.11 Å². The minimum absolute atomic E-state index is 0.142. The second-order valence-electron chi connectivity index (χ2n) is 6.63. The smallest absolute Gasteiger partial charge is 0.317 e. The van der Waals surface area contributed by atoms with Gasteiger partial charge in [-0.1, -0.05) is 6.92 Å². The molecule has 0 saturated carbocycles. The average Bonchev–Trinajstić information content (AvgIpc) is 2.52. The lowest BCUT2D eigenvalue weighted by molar-refractivity contribution is 0.119. The summed E-state index contributed by atoms with van der Waals surface area (Å²) in [6.45, 7) is 9.05. The van der Waals surface area contributed by atoms with Crippen LogP contribution >= 0.6 is 0 Å². The van der Waals surface area contributed by atoms with Crippen molar-refractivity contribution in [2.75, 3.05) is 53.0 Å². The van der Waals surface area contributed by atoms with Gasteiger partial charge in [-0.3, -0.25) is 0 Å². The third-order valence-corrected chi connectivity index (χ3v) is 4.93. The third kappa shape index (κ3) is 5.47. The Morgan fingerprint density at radius 2 is 1.81 bits per heavy atom. The van der Waals surface area contributed by atoms with Crippen LogP contribution in [0.4, 0.5) is 4.79 Å². The van der Waals surface area contributed by atoms with Crippen molar-refractivity contribution in [2.45, 2.75) is 32.6 Å². The first-order chi connectivity index (χ1) is 10.2. The van der Waals surface area contributed by atoms with Gasteiger partial charge in [0.25, 0.3) is 0 Å². The van der Waals surface area contributed by atoms with Crippen LogP contribution in [-0.4, -0.2) is 68.8 Å². The first kappa shape index (κ1) is 16.6. The van der Waals surface area contributed by atoms with Gasteiger partial charge in [0, 0.05) is 33.3 Å². The van der Waals surface area contributed by atoms with Crippen molar-refractivity contribution in [3.63, 3.8) is 0 Å². The zero-order chi connectivity index (χ0) is 15.1. The van der Waals surface area contributed by atoms with Crippen molar-refractivity contribution >= 4 is 6.03 Å². The minimum atomic E-state index is 0.142. The Bertz CT molecular complexity index is 309. The summed E-state index contributed by atoms with van der Waals surface area (Å²) in [7, 11) is 1.75. The highest BCUT2D eigenvalue weighted by Gasteiger charge is 2.22. The fourth-order valence-corrected chi connectivity index (χ4v) is 3.19. The van der Waals surface area contributed by atoms with E-state index in [-0.39, 0.29) is 6.03 Å². The van der Waals surface area contributed by atoms with E-state index in [1.807, 2.05) is 4.90 Å². The van der Waals surface area contributed by atoms with Crippen LogP contribution in [0.5, 0.6) is 0 Å².